The van der Waals surface area contributed by atoms with Gasteiger partial charge in [0.2, 0.25) is 5.91 Å². The summed E-state index contributed by atoms with van der Waals surface area (Å²) in [6.45, 7) is 4.94. The quantitative estimate of drug-likeness (QED) is 0.177. The molecule has 5 heteroatoms. The normalized spacial score (nSPS) is 11.5. The lowest BCUT2D eigenvalue weighted by Crippen LogP contribution is -2.46. The van der Waals surface area contributed by atoms with E-state index in [9.17, 15) is 4.79 Å². The molecule has 3 N–H and O–H groups in total. The molecule has 0 aliphatic heterocycles. The molecular weight excluding hydrogens is 328 g/mol. The summed E-state index contributed by atoms with van der Waals surface area (Å²) in [6, 6.07) is 0. The molecule has 156 valence electrons. The molecule has 5 nitrogen and oxygen atoms in total. The Kier molecular flexibility index (Phi) is 18.6. The molecule has 0 fully saturated rings. The van der Waals surface area contributed by atoms with Crippen LogP contribution in [-0.4, -0.2) is 40.5 Å². The predicted molar refractivity (Wildman–Crippen MR) is 109 cm³/mol. The van der Waals surface area contributed by atoms with Gasteiger partial charge in [0.25, 0.3) is 0 Å². The minimum Gasteiger partial charge on any atom is -0.367 e. The molecule has 0 aliphatic carbocycles. The molecule has 0 unspecified atom stereocenters. The first-order valence-corrected chi connectivity index (χ1v) is 11.0. The van der Waals surface area contributed by atoms with Crippen LogP contribution in [0, 0.1) is 0 Å². The molecule has 0 aromatic rings. The minimum absolute atomic E-state index is 0.0258. The molecule has 26 heavy (non-hydrogen) atoms. The third-order valence-corrected chi connectivity index (χ3v) is 4.67. The Bertz CT molecular complexity index is 312. The fourth-order valence-electron chi connectivity index (χ4n) is 3.20. The Labute approximate surface area is 161 Å². The Morgan fingerprint density at radius 1 is 0.769 bits per heavy atom. The summed E-state index contributed by atoms with van der Waals surface area (Å²) in [5.74, 6) is -0.0258. The van der Waals surface area contributed by atoms with E-state index in [2.05, 4.69) is 12.3 Å². The van der Waals surface area contributed by atoms with Gasteiger partial charge < -0.3 is 10.2 Å². The average Bonchev–Trinajstić information content (AvgIpc) is 2.58. The SMILES string of the molecule is CCCCCCCCCCCCCCCC(=O)NN(CCC)CC(O)O. The van der Waals surface area contributed by atoms with Crippen LogP contribution in [0.2, 0.25) is 0 Å². The maximum absolute atomic E-state index is 11.9. The number of hydrogen-bond donors (Lipinski definition) is 3. The van der Waals surface area contributed by atoms with Gasteiger partial charge in [-0.05, 0) is 12.8 Å². The lowest BCUT2D eigenvalue weighted by Gasteiger charge is -2.23. The third-order valence-electron chi connectivity index (χ3n) is 4.67. The maximum atomic E-state index is 11.9. The van der Waals surface area contributed by atoms with Crippen molar-refractivity contribution >= 4 is 5.91 Å². The molecule has 0 aromatic carbocycles. The summed E-state index contributed by atoms with van der Waals surface area (Å²) in [4.78, 5) is 11.9. The van der Waals surface area contributed by atoms with E-state index in [-0.39, 0.29) is 12.5 Å². The van der Waals surface area contributed by atoms with Gasteiger partial charge >= 0.3 is 0 Å². The van der Waals surface area contributed by atoms with E-state index >= 15 is 0 Å². The first-order valence-electron chi connectivity index (χ1n) is 11.0. The van der Waals surface area contributed by atoms with Crippen molar-refractivity contribution in [3.63, 3.8) is 0 Å². The zero-order valence-corrected chi connectivity index (χ0v) is 17.3. The maximum Gasteiger partial charge on any atom is 0.234 e. The lowest BCUT2D eigenvalue weighted by molar-refractivity contribution is -0.129. The van der Waals surface area contributed by atoms with E-state index in [0.717, 1.165) is 19.3 Å². The highest BCUT2D eigenvalue weighted by atomic mass is 16.5. The Morgan fingerprint density at radius 2 is 1.23 bits per heavy atom. The molecule has 0 bridgehead atoms. The number of nitrogens with one attached hydrogen (secondary N) is 1. The van der Waals surface area contributed by atoms with Crippen LogP contribution < -0.4 is 5.43 Å². The summed E-state index contributed by atoms with van der Waals surface area (Å²) < 4.78 is 0. The highest BCUT2D eigenvalue weighted by molar-refractivity contribution is 5.75. The van der Waals surface area contributed by atoms with Crippen LogP contribution in [0.15, 0.2) is 0 Å². The number of amides is 1. The molecule has 0 aromatic heterocycles. The molecule has 1 amide bonds. The van der Waals surface area contributed by atoms with E-state index in [1.165, 1.54) is 70.6 Å². The van der Waals surface area contributed by atoms with Crippen LogP contribution in [0.5, 0.6) is 0 Å². The summed E-state index contributed by atoms with van der Waals surface area (Å²) in [7, 11) is 0. The van der Waals surface area contributed by atoms with Gasteiger partial charge in [0.05, 0.1) is 6.54 Å². The molecule has 0 spiro atoms. The molecular formula is C21H44N2O3. The van der Waals surface area contributed by atoms with E-state index in [1.54, 1.807) is 5.01 Å². The number of aliphatic hydroxyl groups is 2. The van der Waals surface area contributed by atoms with Gasteiger partial charge in [-0.15, -0.1) is 0 Å². The largest absolute Gasteiger partial charge is 0.367 e. The van der Waals surface area contributed by atoms with Crippen LogP contribution in [0.1, 0.15) is 110 Å². The molecule has 0 saturated heterocycles. The van der Waals surface area contributed by atoms with Crippen LogP contribution in [0.25, 0.3) is 0 Å². The summed E-state index contributed by atoms with van der Waals surface area (Å²) >= 11 is 0. The molecule has 0 heterocycles. The second-order valence-electron chi connectivity index (χ2n) is 7.45. The third kappa shape index (κ3) is 18.2. The van der Waals surface area contributed by atoms with Gasteiger partial charge in [-0.25, -0.2) is 5.01 Å². The highest BCUT2D eigenvalue weighted by Gasteiger charge is 2.11. The number of hydrazine groups is 1. The first kappa shape index (κ1) is 25.4. The van der Waals surface area contributed by atoms with Crippen molar-refractivity contribution in [1.82, 2.24) is 10.4 Å². The number of hydrogen-bond acceptors (Lipinski definition) is 4. The molecule has 0 radical (unpaired) electrons. The fourth-order valence-corrected chi connectivity index (χ4v) is 3.20. The average molecular weight is 373 g/mol. The van der Waals surface area contributed by atoms with E-state index in [0.29, 0.717) is 13.0 Å². The molecule has 0 aliphatic rings. The van der Waals surface area contributed by atoms with Crippen LogP contribution in [0.3, 0.4) is 0 Å². The first-order chi connectivity index (χ1) is 12.6. The minimum atomic E-state index is -1.42. The zero-order chi connectivity index (χ0) is 19.5. The Morgan fingerprint density at radius 3 is 1.65 bits per heavy atom. The standard InChI is InChI=1S/C21H44N2O3/c1-3-5-6-7-8-9-10-11-12-13-14-15-16-17-20(24)22-23(18-4-2)19-21(25)26/h21,25-26H,3-19H2,1-2H3,(H,22,24). The summed E-state index contributed by atoms with van der Waals surface area (Å²) in [5.41, 5.74) is 2.77. The number of unbranched alkanes of at least 4 members (excludes halogenated alkanes) is 12. The van der Waals surface area contributed by atoms with Crippen molar-refractivity contribution in [3.05, 3.63) is 0 Å². The second kappa shape index (κ2) is 19.1. The van der Waals surface area contributed by atoms with E-state index in [1.807, 2.05) is 6.92 Å². The predicted octanol–water partition coefficient (Wildman–Crippen LogP) is 4.52. The van der Waals surface area contributed by atoms with Crippen molar-refractivity contribution in [3.8, 4) is 0 Å². The van der Waals surface area contributed by atoms with Crippen LogP contribution in [-0.2, 0) is 4.79 Å². The number of carbonyl (C=O) groups excluding carboxylic acids is 1. The van der Waals surface area contributed by atoms with Crippen molar-refractivity contribution in [2.75, 3.05) is 13.1 Å². The fraction of sp³-hybridized carbons (Fsp3) is 0.952. The monoisotopic (exact) mass is 372 g/mol. The van der Waals surface area contributed by atoms with Gasteiger partial charge in [0.15, 0.2) is 6.29 Å². The summed E-state index contributed by atoms with van der Waals surface area (Å²) in [6.07, 6.45) is 16.8. The second-order valence-corrected chi connectivity index (χ2v) is 7.45. The van der Waals surface area contributed by atoms with Gasteiger partial charge in [0, 0.05) is 13.0 Å². The molecule has 0 rings (SSSR count). The van der Waals surface area contributed by atoms with Gasteiger partial charge in [-0.2, -0.15) is 0 Å². The number of aliphatic hydroxyl groups excluding tert-OH is 1. The summed E-state index contributed by atoms with van der Waals surface area (Å²) in [5, 5.41) is 19.6. The van der Waals surface area contributed by atoms with Crippen LogP contribution in [0.4, 0.5) is 0 Å². The number of carbonyl (C=O) groups is 1. The van der Waals surface area contributed by atoms with Crippen LogP contribution >= 0.6 is 0 Å². The smallest absolute Gasteiger partial charge is 0.234 e. The van der Waals surface area contributed by atoms with E-state index in [4.69, 9.17) is 10.2 Å². The Balaban J connectivity index is 3.41. The van der Waals surface area contributed by atoms with Crippen molar-refractivity contribution in [2.24, 2.45) is 0 Å². The number of nitrogens with zero attached hydrogens (tertiary/aromatic N) is 1. The van der Waals surface area contributed by atoms with E-state index < -0.39 is 6.29 Å². The van der Waals surface area contributed by atoms with Gasteiger partial charge in [-0.3, -0.25) is 10.2 Å². The highest BCUT2D eigenvalue weighted by Crippen LogP contribution is 2.12. The van der Waals surface area contributed by atoms with Crippen molar-refractivity contribution in [2.45, 2.75) is 116 Å². The number of rotatable bonds is 19. The molecule has 0 saturated carbocycles. The topological polar surface area (TPSA) is 72.8 Å². The van der Waals surface area contributed by atoms with Gasteiger partial charge in [0.1, 0.15) is 0 Å². The van der Waals surface area contributed by atoms with Crippen molar-refractivity contribution in [1.29, 1.82) is 0 Å². The lowest BCUT2D eigenvalue weighted by atomic mass is 10.0. The van der Waals surface area contributed by atoms with Gasteiger partial charge in [-0.1, -0.05) is 90.9 Å². The molecule has 0 atom stereocenters. The Hall–Kier alpha value is -0.650. The van der Waals surface area contributed by atoms with Crippen molar-refractivity contribution < 1.29 is 15.0 Å². The zero-order valence-electron chi connectivity index (χ0n) is 17.3.